The number of hydrogen-bond acceptors (Lipinski definition) is 3. The average molecular weight is 228 g/mol. The molecule has 0 fully saturated rings. The van der Waals surface area contributed by atoms with Crippen LogP contribution in [0.4, 0.5) is 0 Å². The van der Waals surface area contributed by atoms with E-state index in [0.717, 1.165) is 15.8 Å². The summed E-state index contributed by atoms with van der Waals surface area (Å²) in [5.41, 5.74) is 1.43. The predicted molar refractivity (Wildman–Crippen MR) is 48.0 cm³/mol. The Morgan fingerprint density at radius 2 is 2.33 bits per heavy atom. The summed E-state index contributed by atoms with van der Waals surface area (Å²) in [6.45, 7) is 0.342. The normalized spacial score (nSPS) is 17.6. The molecule has 0 aliphatic carbocycles. The zero-order valence-corrected chi connectivity index (χ0v) is 7.71. The number of para-hydroxylation sites is 1. The average Bonchev–Trinajstić information content (AvgIpc) is 2.49. The van der Waals surface area contributed by atoms with E-state index < -0.39 is 0 Å². The first-order valence-electron chi connectivity index (χ1n) is 3.45. The molecule has 1 aliphatic rings. The first-order valence-corrected chi connectivity index (χ1v) is 4.25. The van der Waals surface area contributed by atoms with E-state index in [1.807, 2.05) is 18.2 Å². The van der Waals surface area contributed by atoms with Gasteiger partial charge in [0.1, 0.15) is 18.1 Å². The number of halogens is 1. The van der Waals surface area contributed by atoms with Gasteiger partial charge in [-0.3, -0.25) is 0 Å². The van der Waals surface area contributed by atoms with Crippen LogP contribution < -0.4 is 4.74 Å². The van der Waals surface area contributed by atoms with Crippen molar-refractivity contribution >= 4 is 21.6 Å². The van der Waals surface area contributed by atoms with Crippen molar-refractivity contribution in [3.63, 3.8) is 0 Å². The van der Waals surface area contributed by atoms with Gasteiger partial charge in [-0.15, -0.1) is 0 Å². The first kappa shape index (κ1) is 7.61. The molecule has 4 heteroatoms. The monoisotopic (exact) mass is 227 g/mol. The number of hydrogen-bond donors (Lipinski definition) is 1. The second-order valence-electron chi connectivity index (χ2n) is 2.45. The van der Waals surface area contributed by atoms with Gasteiger partial charge in [0.2, 0.25) is 0 Å². The zero-order chi connectivity index (χ0) is 8.55. The Kier molecular flexibility index (Phi) is 1.77. The van der Waals surface area contributed by atoms with Gasteiger partial charge in [0.25, 0.3) is 0 Å². The van der Waals surface area contributed by atoms with Crippen molar-refractivity contribution < 1.29 is 9.94 Å². The quantitative estimate of drug-likeness (QED) is 0.545. The maximum atomic E-state index is 8.60. The van der Waals surface area contributed by atoms with Gasteiger partial charge >= 0.3 is 0 Å². The Bertz CT molecular complexity index is 349. The van der Waals surface area contributed by atoms with Crippen LogP contribution in [0, 0.1) is 0 Å². The fourth-order valence-electron chi connectivity index (χ4n) is 1.18. The van der Waals surface area contributed by atoms with Crippen LogP contribution in [-0.4, -0.2) is 17.5 Å². The van der Waals surface area contributed by atoms with Crippen molar-refractivity contribution in [3.05, 3.63) is 28.2 Å². The standard InChI is InChI=1S/C8H6BrNO2/c9-6-3-1-2-5-7(10-11)4-12-8(5)6/h1-3,11H,4H2. The molecule has 0 amide bonds. The number of benzene rings is 1. The van der Waals surface area contributed by atoms with Gasteiger partial charge in [0, 0.05) is 5.56 Å². The molecule has 0 radical (unpaired) electrons. The van der Waals surface area contributed by atoms with Crippen LogP contribution in [0.2, 0.25) is 0 Å². The molecule has 2 rings (SSSR count). The van der Waals surface area contributed by atoms with Gasteiger partial charge in [-0.2, -0.15) is 0 Å². The Balaban J connectivity index is 2.61. The molecule has 0 saturated carbocycles. The molecule has 1 aromatic carbocycles. The number of ether oxygens (including phenoxy) is 1. The van der Waals surface area contributed by atoms with Crippen LogP contribution >= 0.6 is 15.9 Å². The molecular weight excluding hydrogens is 222 g/mol. The summed E-state index contributed by atoms with van der Waals surface area (Å²) in [5, 5.41) is 11.7. The predicted octanol–water partition coefficient (Wildman–Crippen LogP) is 2.02. The van der Waals surface area contributed by atoms with E-state index >= 15 is 0 Å². The third-order valence-electron chi connectivity index (χ3n) is 1.75. The summed E-state index contributed by atoms with van der Waals surface area (Å²) in [6, 6.07) is 5.63. The molecule has 1 heterocycles. The lowest BCUT2D eigenvalue weighted by Crippen LogP contribution is -2.01. The summed E-state index contributed by atoms with van der Waals surface area (Å²) in [4.78, 5) is 0. The van der Waals surface area contributed by atoms with Gasteiger partial charge in [0.05, 0.1) is 4.47 Å². The van der Waals surface area contributed by atoms with Crippen molar-refractivity contribution in [3.8, 4) is 5.75 Å². The Morgan fingerprint density at radius 3 is 3.08 bits per heavy atom. The third-order valence-corrected chi connectivity index (χ3v) is 2.38. The van der Waals surface area contributed by atoms with Crippen LogP contribution in [0.15, 0.2) is 27.8 Å². The van der Waals surface area contributed by atoms with Crippen molar-refractivity contribution in [1.82, 2.24) is 0 Å². The van der Waals surface area contributed by atoms with Gasteiger partial charge in [-0.25, -0.2) is 0 Å². The molecule has 62 valence electrons. The van der Waals surface area contributed by atoms with E-state index in [0.29, 0.717) is 12.3 Å². The van der Waals surface area contributed by atoms with Gasteiger partial charge in [-0.05, 0) is 28.1 Å². The summed E-state index contributed by atoms with van der Waals surface area (Å²) < 4.78 is 6.18. The van der Waals surface area contributed by atoms with E-state index in [9.17, 15) is 0 Å². The lowest BCUT2D eigenvalue weighted by Gasteiger charge is -1.98. The van der Waals surface area contributed by atoms with E-state index in [-0.39, 0.29) is 0 Å². The highest BCUT2D eigenvalue weighted by atomic mass is 79.9. The number of nitrogens with zero attached hydrogens (tertiary/aromatic N) is 1. The Labute approximate surface area is 77.8 Å². The van der Waals surface area contributed by atoms with Crippen molar-refractivity contribution in [2.45, 2.75) is 0 Å². The smallest absolute Gasteiger partial charge is 0.143 e. The second kappa shape index (κ2) is 2.79. The molecule has 0 aromatic heterocycles. The summed E-state index contributed by atoms with van der Waals surface area (Å²) >= 11 is 3.34. The lowest BCUT2D eigenvalue weighted by atomic mass is 10.1. The van der Waals surface area contributed by atoms with Crippen LogP contribution in [0.25, 0.3) is 0 Å². The topological polar surface area (TPSA) is 41.8 Å². The maximum absolute atomic E-state index is 8.60. The Morgan fingerprint density at radius 1 is 1.50 bits per heavy atom. The highest BCUT2D eigenvalue weighted by Gasteiger charge is 2.21. The van der Waals surface area contributed by atoms with Gasteiger partial charge in [0.15, 0.2) is 0 Å². The third kappa shape index (κ3) is 0.992. The fraction of sp³-hybridized carbons (Fsp3) is 0.125. The highest BCUT2D eigenvalue weighted by molar-refractivity contribution is 9.10. The number of rotatable bonds is 0. The van der Waals surface area contributed by atoms with Gasteiger partial charge in [-0.1, -0.05) is 11.2 Å². The molecule has 0 bridgehead atoms. The van der Waals surface area contributed by atoms with Crippen molar-refractivity contribution in [2.24, 2.45) is 5.16 Å². The molecule has 3 nitrogen and oxygen atoms in total. The van der Waals surface area contributed by atoms with Crippen molar-refractivity contribution in [1.29, 1.82) is 0 Å². The van der Waals surface area contributed by atoms with E-state index in [2.05, 4.69) is 21.1 Å². The molecule has 12 heavy (non-hydrogen) atoms. The Hall–Kier alpha value is -1.03. The van der Waals surface area contributed by atoms with Crippen molar-refractivity contribution in [2.75, 3.05) is 6.61 Å². The number of oxime groups is 1. The van der Waals surface area contributed by atoms with Crippen LogP contribution in [0.1, 0.15) is 5.56 Å². The zero-order valence-electron chi connectivity index (χ0n) is 6.12. The lowest BCUT2D eigenvalue weighted by molar-refractivity contribution is 0.313. The van der Waals surface area contributed by atoms with Gasteiger partial charge < -0.3 is 9.94 Å². The fourth-order valence-corrected chi connectivity index (χ4v) is 1.66. The molecule has 0 spiro atoms. The molecule has 0 saturated heterocycles. The second-order valence-corrected chi connectivity index (χ2v) is 3.31. The molecule has 0 unspecified atom stereocenters. The van der Waals surface area contributed by atoms with E-state index in [1.54, 1.807) is 0 Å². The van der Waals surface area contributed by atoms with E-state index in [4.69, 9.17) is 9.94 Å². The minimum atomic E-state index is 0.342. The largest absolute Gasteiger partial charge is 0.485 e. The summed E-state index contributed by atoms with van der Waals surface area (Å²) in [6.07, 6.45) is 0. The molecular formula is C8H6BrNO2. The minimum Gasteiger partial charge on any atom is -0.485 e. The van der Waals surface area contributed by atoms with Crippen LogP contribution in [-0.2, 0) is 0 Å². The molecule has 1 aliphatic heterocycles. The van der Waals surface area contributed by atoms with Crippen LogP contribution in [0.5, 0.6) is 5.75 Å². The van der Waals surface area contributed by atoms with E-state index in [1.165, 1.54) is 0 Å². The molecule has 0 atom stereocenters. The maximum Gasteiger partial charge on any atom is 0.143 e. The number of fused-ring (bicyclic) bond motifs is 1. The highest BCUT2D eigenvalue weighted by Crippen LogP contribution is 2.33. The molecule has 1 aromatic rings. The summed E-state index contributed by atoms with van der Waals surface area (Å²) in [5.74, 6) is 0.755. The molecule has 1 N–H and O–H groups in total. The first-order chi connectivity index (χ1) is 5.83. The SMILES string of the molecule is ON=C1COc2c(Br)cccc21. The van der Waals surface area contributed by atoms with Crippen LogP contribution in [0.3, 0.4) is 0 Å². The minimum absolute atomic E-state index is 0.342. The summed E-state index contributed by atoms with van der Waals surface area (Å²) in [7, 11) is 0.